The molecular weight excluding hydrogens is 234 g/mol. The number of hydrogen-bond donors (Lipinski definition) is 1. The van der Waals surface area contributed by atoms with Crippen molar-refractivity contribution in [1.29, 1.82) is 0 Å². The third kappa shape index (κ3) is 2.51. The fraction of sp³-hybridized carbons (Fsp3) is 0.385. The predicted octanol–water partition coefficient (Wildman–Crippen LogP) is 1.52. The van der Waals surface area contributed by atoms with Crippen LogP contribution < -0.4 is 5.32 Å². The Morgan fingerprint density at radius 1 is 1.41 bits per heavy atom. The highest BCUT2D eigenvalue weighted by Crippen LogP contribution is 2.32. The molecule has 1 N–H and O–H groups in total. The number of rotatable bonds is 3. The van der Waals surface area contributed by atoms with Crippen molar-refractivity contribution < 1.29 is 8.42 Å². The minimum atomic E-state index is -3.10. The van der Waals surface area contributed by atoms with Crippen LogP contribution in [-0.2, 0) is 9.84 Å². The predicted molar refractivity (Wildman–Crippen MR) is 67.3 cm³/mol. The number of benzene rings is 1. The molecule has 4 heteroatoms. The Morgan fingerprint density at radius 3 is 2.94 bits per heavy atom. The van der Waals surface area contributed by atoms with Crippen molar-refractivity contribution in [3.05, 3.63) is 29.8 Å². The quantitative estimate of drug-likeness (QED) is 0.652. The van der Waals surface area contributed by atoms with Gasteiger partial charge in [0.15, 0.2) is 9.84 Å². The summed E-state index contributed by atoms with van der Waals surface area (Å²) in [5, 5.41) is 3.25. The largest absolute Gasteiger partial charge is 0.308 e. The molecule has 1 aliphatic heterocycles. The lowest BCUT2D eigenvalue weighted by atomic mass is 10.1. The molecule has 1 aromatic carbocycles. The molecule has 0 aliphatic carbocycles. The van der Waals surface area contributed by atoms with Crippen LogP contribution in [0, 0.1) is 11.8 Å². The lowest BCUT2D eigenvalue weighted by molar-refractivity contribution is 0.572. The molecule has 1 aromatic rings. The van der Waals surface area contributed by atoms with Gasteiger partial charge in [-0.3, -0.25) is 0 Å². The van der Waals surface area contributed by atoms with Crippen molar-refractivity contribution in [1.82, 2.24) is 5.32 Å². The molecule has 17 heavy (non-hydrogen) atoms. The molecule has 2 rings (SSSR count). The Balaban J connectivity index is 2.14. The first-order chi connectivity index (χ1) is 8.15. The summed E-state index contributed by atoms with van der Waals surface area (Å²) in [5.74, 6) is 5.93. The van der Waals surface area contributed by atoms with Gasteiger partial charge >= 0.3 is 0 Å². The first-order valence-electron chi connectivity index (χ1n) is 5.60. The van der Waals surface area contributed by atoms with Crippen LogP contribution in [0.3, 0.4) is 0 Å². The van der Waals surface area contributed by atoms with Crippen LogP contribution in [-0.4, -0.2) is 20.7 Å². The van der Waals surface area contributed by atoms with Crippen LogP contribution in [0.1, 0.15) is 24.9 Å². The minimum Gasteiger partial charge on any atom is -0.308 e. The first-order valence-corrected chi connectivity index (χ1v) is 7.25. The van der Waals surface area contributed by atoms with E-state index in [9.17, 15) is 8.42 Å². The van der Waals surface area contributed by atoms with Gasteiger partial charge in [0.05, 0.1) is 10.6 Å². The van der Waals surface area contributed by atoms with Gasteiger partial charge in [0.25, 0.3) is 0 Å². The lowest BCUT2D eigenvalue weighted by Crippen LogP contribution is -2.23. The second-order valence-corrected chi connectivity index (χ2v) is 6.01. The van der Waals surface area contributed by atoms with Gasteiger partial charge in [-0.1, -0.05) is 18.2 Å². The van der Waals surface area contributed by atoms with E-state index in [1.165, 1.54) is 0 Å². The monoisotopic (exact) mass is 249 g/mol. The summed E-state index contributed by atoms with van der Waals surface area (Å²) >= 11 is 0. The average Bonchev–Trinajstić information content (AvgIpc) is 2.58. The van der Waals surface area contributed by atoms with Gasteiger partial charge in [-0.25, -0.2) is 8.42 Å². The minimum absolute atomic E-state index is 0.0881. The van der Waals surface area contributed by atoms with Crippen LogP contribution in [0.25, 0.3) is 0 Å². The van der Waals surface area contributed by atoms with E-state index in [2.05, 4.69) is 17.2 Å². The standard InChI is InChI=1S/C13H15NO2S/c1-2-3-6-9-14-12-10-17(15,16)13-8-5-4-7-11(12)13/h4-5,7-8,12,14H,6,9-10H2,1H3. The second kappa shape index (κ2) is 4.91. The smallest absolute Gasteiger partial charge is 0.180 e. The summed E-state index contributed by atoms with van der Waals surface area (Å²) in [5.41, 5.74) is 0.886. The highest BCUT2D eigenvalue weighted by molar-refractivity contribution is 7.91. The molecule has 0 saturated heterocycles. The maximum atomic E-state index is 11.9. The molecule has 0 spiro atoms. The summed E-state index contributed by atoms with van der Waals surface area (Å²) in [6.45, 7) is 2.52. The summed E-state index contributed by atoms with van der Waals surface area (Å²) in [6.07, 6.45) is 0.745. The maximum Gasteiger partial charge on any atom is 0.180 e. The molecule has 90 valence electrons. The molecule has 0 radical (unpaired) electrons. The van der Waals surface area contributed by atoms with Gasteiger partial charge in [0, 0.05) is 19.0 Å². The topological polar surface area (TPSA) is 46.2 Å². The molecule has 1 atom stereocenters. The third-order valence-electron chi connectivity index (χ3n) is 2.83. The second-order valence-electron chi connectivity index (χ2n) is 4.00. The number of hydrogen-bond acceptors (Lipinski definition) is 3. The molecule has 0 saturated carbocycles. The van der Waals surface area contributed by atoms with E-state index in [4.69, 9.17) is 0 Å². The Hall–Kier alpha value is -1.31. The number of fused-ring (bicyclic) bond motifs is 1. The van der Waals surface area contributed by atoms with Crippen molar-refractivity contribution in [3.8, 4) is 11.8 Å². The Bertz CT molecular complexity index is 567. The van der Waals surface area contributed by atoms with E-state index in [0.29, 0.717) is 4.90 Å². The van der Waals surface area contributed by atoms with Gasteiger partial charge < -0.3 is 5.32 Å². The van der Waals surface area contributed by atoms with E-state index >= 15 is 0 Å². The molecule has 3 nitrogen and oxygen atoms in total. The van der Waals surface area contributed by atoms with E-state index < -0.39 is 9.84 Å². The summed E-state index contributed by atoms with van der Waals surface area (Å²) < 4.78 is 23.8. The molecule has 0 fully saturated rings. The van der Waals surface area contributed by atoms with E-state index in [1.54, 1.807) is 19.1 Å². The molecule has 0 bridgehead atoms. The lowest BCUT2D eigenvalue weighted by Gasteiger charge is -2.10. The zero-order valence-electron chi connectivity index (χ0n) is 9.73. The molecular formula is C13H15NO2S. The van der Waals surface area contributed by atoms with Crippen molar-refractivity contribution in [3.63, 3.8) is 0 Å². The molecule has 1 aliphatic rings. The molecule has 1 heterocycles. The van der Waals surface area contributed by atoms with Gasteiger partial charge in [0.2, 0.25) is 0 Å². The normalized spacial score (nSPS) is 20.4. The fourth-order valence-electron chi connectivity index (χ4n) is 2.05. The van der Waals surface area contributed by atoms with Crippen LogP contribution >= 0.6 is 0 Å². The Labute approximate surface area is 102 Å². The van der Waals surface area contributed by atoms with Crippen LogP contribution in [0.2, 0.25) is 0 Å². The Kier molecular flexibility index (Phi) is 3.51. The maximum absolute atomic E-state index is 11.9. The van der Waals surface area contributed by atoms with Gasteiger partial charge in [-0.05, 0) is 18.6 Å². The SMILES string of the molecule is CC#CCCNC1CS(=O)(=O)c2ccccc21. The average molecular weight is 249 g/mol. The van der Waals surface area contributed by atoms with Crippen molar-refractivity contribution in [2.24, 2.45) is 0 Å². The van der Waals surface area contributed by atoms with Crippen molar-refractivity contribution in [2.45, 2.75) is 24.3 Å². The number of sulfone groups is 1. The first kappa shape index (κ1) is 12.2. The Morgan fingerprint density at radius 2 is 2.18 bits per heavy atom. The van der Waals surface area contributed by atoms with Gasteiger partial charge in [-0.15, -0.1) is 11.8 Å². The summed E-state index contributed by atoms with van der Waals surface area (Å²) in [7, 11) is -3.10. The highest BCUT2D eigenvalue weighted by atomic mass is 32.2. The zero-order valence-corrected chi connectivity index (χ0v) is 10.5. The molecule has 0 aromatic heterocycles. The van der Waals surface area contributed by atoms with Crippen LogP contribution in [0.5, 0.6) is 0 Å². The number of nitrogens with one attached hydrogen (secondary N) is 1. The van der Waals surface area contributed by atoms with Crippen LogP contribution in [0.4, 0.5) is 0 Å². The van der Waals surface area contributed by atoms with Crippen molar-refractivity contribution in [2.75, 3.05) is 12.3 Å². The van der Waals surface area contributed by atoms with E-state index in [-0.39, 0.29) is 11.8 Å². The fourth-order valence-corrected chi connectivity index (χ4v) is 3.82. The molecule has 1 unspecified atom stereocenters. The van der Waals surface area contributed by atoms with Crippen LogP contribution in [0.15, 0.2) is 29.2 Å². The molecule has 0 amide bonds. The van der Waals surface area contributed by atoms with E-state index in [0.717, 1.165) is 18.5 Å². The zero-order chi connectivity index (χ0) is 12.3. The highest BCUT2D eigenvalue weighted by Gasteiger charge is 2.33. The summed E-state index contributed by atoms with van der Waals surface area (Å²) in [6, 6.07) is 7.11. The van der Waals surface area contributed by atoms with Gasteiger partial charge in [0.1, 0.15) is 0 Å². The van der Waals surface area contributed by atoms with Gasteiger partial charge in [-0.2, -0.15) is 0 Å². The van der Waals surface area contributed by atoms with Crippen molar-refractivity contribution >= 4 is 9.84 Å². The summed E-state index contributed by atoms with van der Waals surface area (Å²) in [4.78, 5) is 0.471. The third-order valence-corrected chi connectivity index (χ3v) is 4.65. The van der Waals surface area contributed by atoms with E-state index in [1.807, 2.05) is 12.1 Å².